The van der Waals surface area contributed by atoms with Crippen molar-refractivity contribution in [2.75, 3.05) is 11.9 Å². The molecule has 0 saturated heterocycles. The van der Waals surface area contributed by atoms with Crippen molar-refractivity contribution < 1.29 is 9.90 Å². The van der Waals surface area contributed by atoms with Crippen LogP contribution in [0.2, 0.25) is 0 Å². The van der Waals surface area contributed by atoms with E-state index in [0.29, 0.717) is 11.4 Å². The Morgan fingerprint density at radius 3 is 2.06 bits per heavy atom. The minimum Gasteiger partial charge on any atom is -0.478 e. The van der Waals surface area contributed by atoms with E-state index in [9.17, 15) is 9.90 Å². The smallest absolute Gasteiger partial charge is 0.338 e. The van der Waals surface area contributed by atoms with Crippen LogP contribution in [-0.2, 0) is 0 Å². The molecule has 168 valence electrons. The summed E-state index contributed by atoms with van der Waals surface area (Å²) in [6, 6.07) is 12.8. The Labute approximate surface area is 187 Å². The Balaban J connectivity index is 1.74. The fraction of sp³-hybridized carbons (Fsp3) is 0.500. The zero-order valence-corrected chi connectivity index (χ0v) is 19.1. The summed E-state index contributed by atoms with van der Waals surface area (Å²) in [5, 5.41) is 21.2. The fourth-order valence-corrected chi connectivity index (χ4v) is 3.47. The van der Waals surface area contributed by atoms with Crippen molar-refractivity contribution in [2.45, 2.75) is 78.1 Å². The number of unbranched alkanes of at least 4 members (excludes halogenated alkanes) is 9. The number of nitrogens with one attached hydrogen (secondary N) is 1. The van der Waals surface area contributed by atoms with Gasteiger partial charge in [-0.1, -0.05) is 82.4 Å². The van der Waals surface area contributed by atoms with Crippen LogP contribution in [0.1, 0.15) is 87.1 Å². The second kappa shape index (κ2) is 14.3. The minimum absolute atomic E-state index is 0.156. The number of carboxylic acids is 1. The molecule has 0 spiro atoms. The average molecular weight is 424 g/mol. The molecule has 0 saturated carbocycles. The number of rotatable bonds is 15. The molecule has 0 aliphatic heterocycles. The summed E-state index contributed by atoms with van der Waals surface area (Å²) in [6.07, 6.45) is 13.0. The van der Waals surface area contributed by atoms with Crippen LogP contribution in [0.4, 0.5) is 17.1 Å². The molecule has 2 aromatic rings. The zero-order chi connectivity index (χ0) is 22.3. The molecule has 0 atom stereocenters. The summed E-state index contributed by atoms with van der Waals surface area (Å²) in [6.45, 7) is 5.10. The summed E-state index contributed by atoms with van der Waals surface area (Å²) in [4.78, 5) is 11.7. The normalized spacial score (nSPS) is 11.2. The Morgan fingerprint density at radius 2 is 1.45 bits per heavy atom. The van der Waals surface area contributed by atoms with Crippen LogP contribution in [0.15, 0.2) is 52.7 Å². The highest BCUT2D eigenvalue weighted by Gasteiger charge is 2.11. The first-order valence-corrected chi connectivity index (χ1v) is 11.7. The van der Waals surface area contributed by atoms with E-state index in [1.807, 2.05) is 37.3 Å². The van der Waals surface area contributed by atoms with Crippen molar-refractivity contribution in [3.63, 3.8) is 0 Å². The van der Waals surface area contributed by atoms with E-state index in [0.717, 1.165) is 24.2 Å². The van der Waals surface area contributed by atoms with Gasteiger partial charge in [-0.3, -0.25) is 0 Å². The van der Waals surface area contributed by atoms with Crippen molar-refractivity contribution in [3.05, 3.63) is 53.6 Å². The topological polar surface area (TPSA) is 74.0 Å². The molecule has 0 aliphatic carbocycles. The van der Waals surface area contributed by atoms with Crippen LogP contribution in [0.5, 0.6) is 0 Å². The van der Waals surface area contributed by atoms with Gasteiger partial charge in [-0.2, -0.15) is 5.11 Å². The van der Waals surface area contributed by atoms with Crippen molar-refractivity contribution in [3.8, 4) is 0 Å². The third kappa shape index (κ3) is 9.77. The third-order valence-electron chi connectivity index (χ3n) is 5.39. The van der Waals surface area contributed by atoms with E-state index >= 15 is 0 Å². The highest BCUT2D eigenvalue weighted by Crippen LogP contribution is 2.26. The van der Waals surface area contributed by atoms with Crippen LogP contribution in [0.3, 0.4) is 0 Å². The predicted octanol–water partition coefficient (Wildman–Crippen LogP) is 8.44. The number of aromatic carboxylic acids is 1. The maximum absolute atomic E-state index is 11.7. The van der Waals surface area contributed by atoms with Gasteiger partial charge in [0.05, 0.1) is 11.3 Å². The van der Waals surface area contributed by atoms with E-state index in [2.05, 4.69) is 22.5 Å². The maximum atomic E-state index is 11.7. The van der Waals surface area contributed by atoms with Crippen LogP contribution in [0, 0.1) is 6.92 Å². The molecule has 0 aromatic heterocycles. The second-order valence-electron chi connectivity index (χ2n) is 8.18. The SMILES string of the molecule is CCCCCCCCCCCCNc1ccc(N=Nc2ccc(C)cc2)c(C(=O)O)c1. The third-order valence-corrected chi connectivity index (χ3v) is 5.39. The van der Waals surface area contributed by atoms with Crippen LogP contribution in [-0.4, -0.2) is 17.6 Å². The van der Waals surface area contributed by atoms with E-state index in [1.165, 1.54) is 57.8 Å². The monoisotopic (exact) mass is 423 g/mol. The number of benzene rings is 2. The molecule has 2 N–H and O–H groups in total. The molecule has 0 radical (unpaired) electrons. The number of hydrogen-bond acceptors (Lipinski definition) is 4. The van der Waals surface area contributed by atoms with E-state index < -0.39 is 5.97 Å². The molecule has 5 nitrogen and oxygen atoms in total. The average Bonchev–Trinajstić information content (AvgIpc) is 2.77. The van der Waals surface area contributed by atoms with Crippen molar-refractivity contribution in [1.29, 1.82) is 0 Å². The van der Waals surface area contributed by atoms with Gasteiger partial charge in [0.1, 0.15) is 5.69 Å². The highest BCUT2D eigenvalue weighted by molar-refractivity contribution is 5.94. The van der Waals surface area contributed by atoms with Gasteiger partial charge in [-0.05, 0) is 43.7 Å². The first-order chi connectivity index (χ1) is 15.1. The summed E-state index contributed by atoms with van der Waals surface area (Å²) < 4.78 is 0. The van der Waals surface area contributed by atoms with E-state index in [1.54, 1.807) is 12.1 Å². The van der Waals surface area contributed by atoms with Gasteiger partial charge < -0.3 is 10.4 Å². The van der Waals surface area contributed by atoms with Crippen molar-refractivity contribution in [2.24, 2.45) is 10.2 Å². The number of nitrogens with zero attached hydrogens (tertiary/aromatic N) is 2. The van der Waals surface area contributed by atoms with Gasteiger partial charge in [-0.15, -0.1) is 5.11 Å². The second-order valence-corrected chi connectivity index (χ2v) is 8.18. The minimum atomic E-state index is -1.000. The first kappa shape index (κ1) is 24.6. The quantitative estimate of drug-likeness (QED) is 0.223. The molecule has 2 aromatic carbocycles. The Hall–Kier alpha value is -2.69. The summed E-state index contributed by atoms with van der Waals surface area (Å²) in [7, 11) is 0. The van der Waals surface area contributed by atoms with Gasteiger partial charge in [0.2, 0.25) is 0 Å². The molecular weight excluding hydrogens is 386 g/mol. The lowest BCUT2D eigenvalue weighted by molar-refractivity contribution is 0.0698. The molecular formula is C26H37N3O2. The molecule has 0 fully saturated rings. The van der Waals surface area contributed by atoms with Crippen molar-refractivity contribution in [1.82, 2.24) is 0 Å². The number of aryl methyl sites for hydroxylation is 1. The number of azo groups is 1. The van der Waals surface area contributed by atoms with Gasteiger partial charge in [0, 0.05) is 12.2 Å². The standard InChI is InChI=1S/C26H37N3O2/c1-3-4-5-6-7-8-9-10-11-12-19-27-23-17-18-25(24(20-23)26(30)31)29-28-22-15-13-21(2)14-16-22/h13-18,20,27H,3-12,19H2,1-2H3,(H,30,31). The van der Waals surface area contributed by atoms with Crippen LogP contribution < -0.4 is 5.32 Å². The first-order valence-electron chi connectivity index (χ1n) is 11.7. The highest BCUT2D eigenvalue weighted by atomic mass is 16.4. The molecule has 0 aliphatic rings. The Bertz CT molecular complexity index is 816. The number of anilines is 1. The lowest BCUT2D eigenvalue weighted by Gasteiger charge is -2.09. The molecule has 0 unspecified atom stereocenters. The van der Waals surface area contributed by atoms with Gasteiger partial charge >= 0.3 is 5.97 Å². The van der Waals surface area contributed by atoms with Crippen LogP contribution in [0.25, 0.3) is 0 Å². The molecule has 0 amide bonds. The summed E-state index contributed by atoms with van der Waals surface area (Å²) >= 11 is 0. The molecule has 31 heavy (non-hydrogen) atoms. The molecule has 0 bridgehead atoms. The van der Waals surface area contributed by atoms with Crippen molar-refractivity contribution >= 4 is 23.0 Å². The summed E-state index contributed by atoms with van der Waals surface area (Å²) in [5.41, 5.74) is 3.16. The Kier molecular flexibility index (Phi) is 11.4. The lowest BCUT2D eigenvalue weighted by Crippen LogP contribution is -2.04. The largest absolute Gasteiger partial charge is 0.478 e. The number of hydrogen-bond donors (Lipinski definition) is 2. The zero-order valence-electron chi connectivity index (χ0n) is 19.1. The van der Waals surface area contributed by atoms with Gasteiger partial charge in [0.25, 0.3) is 0 Å². The fourth-order valence-electron chi connectivity index (χ4n) is 3.47. The van der Waals surface area contributed by atoms with Gasteiger partial charge in [0.15, 0.2) is 0 Å². The number of carboxylic acid groups (broad SMARTS) is 1. The molecule has 2 rings (SSSR count). The Morgan fingerprint density at radius 1 is 0.839 bits per heavy atom. The lowest BCUT2D eigenvalue weighted by atomic mass is 10.1. The van der Waals surface area contributed by atoms with Gasteiger partial charge in [-0.25, -0.2) is 4.79 Å². The number of carbonyl (C=O) groups is 1. The molecule has 5 heteroatoms. The van der Waals surface area contributed by atoms with E-state index in [4.69, 9.17) is 0 Å². The van der Waals surface area contributed by atoms with E-state index in [-0.39, 0.29) is 5.56 Å². The maximum Gasteiger partial charge on any atom is 0.338 e. The predicted molar refractivity (Wildman–Crippen MR) is 129 cm³/mol. The summed E-state index contributed by atoms with van der Waals surface area (Å²) in [5.74, 6) is -1.000. The molecule has 0 heterocycles. The van der Waals surface area contributed by atoms with Crippen LogP contribution >= 0.6 is 0 Å².